The van der Waals surface area contributed by atoms with Crippen LogP contribution in [0, 0.1) is 34.5 Å². The van der Waals surface area contributed by atoms with Crippen molar-refractivity contribution in [2.75, 3.05) is 60.9 Å². The van der Waals surface area contributed by atoms with Gasteiger partial charge >= 0.3 is 28.8 Å². The van der Waals surface area contributed by atoms with Crippen molar-refractivity contribution in [3.63, 3.8) is 0 Å². The molecule has 6 aliphatic rings. The van der Waals surface area contributed by atoms with E-state index >= 15 is 17.6 Å². The van der Waals surface area contributed by atoms with Crippen molar-refractivity contribution in [1.82, 2.24) is 100 Å². The number of nitrogens with one attached hydrogen (secondary N) is 6. The standard InChI is InChI=1S/C33H34F2N12O11P2S2.C33H34F2N12O11P2S.C7H4OS2.C5H5N.H3N/c1-15(2)28(48)42-33-41-27-22(30(50)43-33)39-14-46(27)32-24-19(34)17(55-32)11-53-59(51,61)57-23-18(12-54-60(62,58-24)52-10-6-9-36)56-31(20(23)35)47-26-21(44-45-47)25(37-13-38-26)40-29(49)16-7-4-3-5-8-16;1-15(2)28(48)42-33-41-27-22(30(50)43-33)39-14-46(27)32-24-19(34)17(55-32)11-52-59(51)57-23-18(12-54-60(61,58-24)53-10-6-9-36)56-31(20(23)35)47-26-21(44-45-47)25(37-13-38-26)40-29(49)16-7-4-3-5-8-16;8-7-5-3-1-2-4-6(5)9-10-7;1-2-4-6-5-3-1;/h3-5,7-8,13-15,17-20,23-24,31-32H,6,10-12H2,1-2H3,(H,51,61)(H,37,38,40,49)(H2,41,42,43,48,50);3-5,7-8,13-15,17-20,23-24,31-32,51H,6,10-12H2,1-2H3,(H,37,38,40,49)(H2,41,42,43,48,50);1-4H;1-5H;1H3/t17-,18-,19-,20+,23-,24-,31-,32-,59?,60?;17-,18-,19-,20+,23-,24-,31?,32-,59?,60?;;;/m11.../s1. The molecule has 0 aliphatic carbocycles. The molecule has 140 heavy (non-hydrogen) atoms. The molecule has 16 heterocycles. The van der Waals surface area contributed by atoms with Crippen LogP contribution in [0.15, 0.2) is 155 Å². The SMILES string of the molecule is CC(C)C(=O)Nc1nc2c(ncn2[C@@H]2O[C@@H]3COP(O)(=S)O[C@H]4[C@H](F)[C@H](n5nnc6c(NC(=O)c7ccccc7)ncnc65)O[C@@H]4COP(=S)(OCCC#N)O[C@@H]2[C@@H]3F)c(=O)[nH]1.CC(C)C(=O)Nc1nc2c(ncn2[C@@H]2O[C@@H]3COP(O)O[C@H]4[C@H](F)C(n5nnc6c(NC(=O)c7ccccc7)ncnc65)O[C@@H]4COP(=S)(OCCC#N)O[C@@H]2[C@@H]3F)c(=O)[nH]1.N.O=c1ssc2ccccc12.c1ccncc1. The number of benzene rings is 3. The molecule has 0 saturated carbocycles. The first-order valence-electron chi connectivity index (χ1n) is 41.6. The third kappa shape index (κ3) is 23.4. The second-order valence-corrected chi connectivity index (χ2v) is 42.6. The largest absolute Gasteiger partial charge is 0.346 e. The Morgan fingerprint density at radius 1 is 0.543 bits per heavy atom. The fourth-order valence-electron chi connectivity index (χ4n) is 14.1. The number of alkyl halides is 4. The van der Waals surface area contributed by atoms with Gasteiger partial charge in [-0.2, -0.15) is 29.9 Å². The van der Waals surface area contributed by atoms with Crippen LogP contribution in [-0.2, 0) is 109 Å². The Kier molecular flexibility index (Phi) is 33.5. The summed E-state index contributed by atoms with van der Waals surface area (Å²) >= 11 is 16.7. The van der Waals surface area contributed by atoms with Crippen LogP contribution in [0.5, 0.6) is 0 Å². The summed E-state index contributed by atoms with van der Waals surface area (Å²) in [6, 6.07) is 33.7. The number of fused-ring (bicyclic) bond motifs is 11. The summed E-state index contributed by atoms with van der Waals surface area (Å²) in [6.07, 6.45) is -20.1. The van der Waals surface area contributed by atoms with Gasteiger partial charge in [-0.05, 0) is 94.3 Å². The van der Waals surface area contributed by atoms with Crippen LogP contribution in [0.25, 0.3) is 54.7 Å². The van der Waals surface area contributed by atoms with Crippen LogP contribution in [0.4, 0.5) is 41.1 Å². The number of halogens is 4. The monoisotopic (exact) mass is 2110 g/mol. The van der Waals surface area contributed by atoms with Gasteiger partial charge in [0.15, 0.2) is 106 Å². The molecule has 4 bridgehead atoms. The first-order chi connectivity index (χ1) is 66.9. The van der Waals surface area contributed by atoms with E-state index in [1.54, 1.807) is 111 Å². The molecule has 6 fully saturated rings. The van der Waals surface area contributed by atoms with Crippen molar-refractivity contribution in [3.8, 4) is 12.1 Å². The first-order valence-corrected chi connectivity index (χ1v) is 52.6. The lowest BCUT2D eigenvalue weighted by molar-refractivity contribution is -0.119. The predicted molar refractivity (Wildman–Crippen MR) is 499 cm³/mol. The Balaban J connectivity index is 0.000000180. The molecule has 20 atom stereocenters. The molecule has 11 N–H and O–H groups in total. The summed E-state index contributed by atoms with van der Waals surface area (Å²) in [5, 5.41) is 45.8. The van der Waals surface area contributed by atoms with E-state index in [1.807, 2.05) is 54.6 Å². The number of carbonyl (C=O) groups is 4. The second kappa shape index (κ2) is 45.4. The maximum absolute atomic E-state index is 16.7. The number of anilines is 4. The summed E-state index contributed by atoms with van der Waals surface area (Å²) in [5.74, 6) is -3.40. The van der Waals surface area contributed by atoms with E-state index in [0.717, 1.165) is 49.3 Å². The van der Waals surface area contributed by atoms with E-state index < -0.39 is 200 Å². The second-order valence-electron chi connectivity index (χ2n) is 30.8. The fraction of sp³-hybridized carbons (Fsp3) is 0.385. The van der Waals surface area contributed by atoms with Crippen LogP contribution in [0.3, 0.4) is 0 Å². The molecule has 4 amide bonds. The minimum atomic E-state index is -4.48. The molecule has 738 valence electrons. The zero-order valence-electron chi connectivity index (χ0n) is 72.8. The van der Waals surface area contributed by atoms with E-state index in [-0.39, 0.29) is 105 Å². The molecular formula is C78H80F4N26O23P4S5. The van der Waals surface area contributed by atoms with Gasteiger partial charge in [-0.1, -0.05) is 103 Å². The third-order valence-corrected chi connectivity index (χ3v) is 30.2. The van der Waals surface area contributed by atoms with E-state index in [1.165, 1.54) is 14.9 Å². The Hall–Kier alpha value is -11.1. The number of nitriles is 2. The van der Waals surface area contributed by atoms with Crippen molar-refractivity contribution in [1.29, 1.82) is 10.5 Å². The molecule has 19 rings (SSSR count). The molecule has 0 radical (unpaired) electrons. The van der Waals surface area contributed by atoms with Gasteiger partial charge < -0.3 is 77.2 Å². The average Bonchev–Trinajstić information content (AvgIpc) is 1.62. The van der Waals surface area contributed by atoms with Crippen LogP contribution in [0.2, 0.25) is 0 Å². The molecule has 13 aromatic rings. The van der Waals surface area contributed by atoms with Gasteiger partial charge in [0, 0.05) is 40.1 Å². The molecule has 10 aromatic heterocycles. The summed E-state index contributed by atoms with van der Waals surface area (Å²) in [6.45, 7) is -9.76. The van der Waals surface area contributed by atoms with Gasteiger partial charge in [-0.3, -0.25) is 81.9 Å². The highest BCUT2D eigenvalue weighted by Gasteiger charge is 2.57. The molecule has 49 nitrogen and oxygen atoms in total. The van der Waals surface area contributed by atoms with Gasteiger partial charge in [-0.25, -0.2) is 47.5 Å². The Morgan fingerprint density at radius 3 is 1.44 bits per heavy atom. The van der Waals surface area contributed by atoms with Crippen LogP contribution >= 0.6 is 49.4 Å². The highest BCUT2D eigenvalue weighted by atomic mass is 32.9. The number of ether oxygens (including phenoxy) is 4. The highest BCUT2D eigenvalue weighted by Crippen LogP contribution is 2.59. The molecule has 6 saturated heterocycles. The van der Waals surface area contributed by atoms with E-state index in [9.17, 15) is 53.9 Å². The fourth-order valence-corrected chi connectivity index (χ4v) is 22.5. The van der Waals surface area contributed by atoms with E-state index in [2.05, 4.69) is 96.7 Å². The van der Waals surface area contributed by atoms with Crippen molar-refractivity contribution in [3.05, 3.63) is 182 Å². The van der Waals surface area contributed by atoms with Crippen molar-refractivity contribution in [2.24, 2.45) is 11.8 Å². The zero-order valence-corrected chi connectivity index (χ0v) is 80.5. The molecular weight excluding hydrogens is 2030 g/mol. The number of pyridine rings is 1. The molecule has 0 spiro atoms. The lowest BCUT2D eigenvalue weighted by atomic mass is 10.1. The van der Waals surface area contributed by atoms with Gasteiger partial charge in [0.2, 0.25) is 23.7 Å². The predicted octanol–water partition coefficient (Wildman–Crippen LogP) is 9.29. The number of hydrogen-bond acceptors (Lipinski definition) is 43. The van der Waals surface area contributed by atoms with Crippen molar-refractivity contribution in [2.45, 2.75) is 139 Å². The summed E-state index contributed by atoms with van der Waals surface area (Å²) in [5.41, 5.74) is -1.64. The zero-order chi connectivity index (χ0) is 98.1. The average molecular weight is 2110 g/mol. The maximum atomic E-state index is 16.7. The Bertz CT molecular complexity index is 7060. The molecule has 5 unspecified atom stereocenters. The quantitative estimate of drug-likeness (QED) is 0.0167. The van der Waals surface area contributed by atoms with Gasteiger partial charge in [0.1, 0.15) is 61.5 Å². The third-order valence-electron chi connectivity index (χ3n) is 20.9. The minimum Gasteiger partial charge on any atom is -0.346 e. The number of aromatic nitrogens is 19. The van der Waals surface area contributed by atoms with Gasteiger partial charge in [-0.15, -0.1) is 10.2 Å². The van der Waals surface area contributed by atoms with E-state index in [4.69, 9.17) is 99.6 Å². The smallest absolute Gasteiger partial charge is 0.330 e. The number of hydrogen-bond donors (Lipinski definition) is 9. The van der Waals surface area contributed by atoms with Gasteiger partial charge in [0.25, 0.3) is 27.7 Å². The number of aromatic amines is 2. The number of imidazole rings is 2. The molecule has 62 heteroatoms. The van der Waals surface area contributed by atoms with Gasteiger partial charge in [0.05, 0.1) is 82.7 Å². The summed E-state index contributed by atoms with van der Waals surface area (Å²) in [7, 11) is -0.115. The highest BCUT2D eigenvalue weighted by molar-refractivity contribution is 8.08. The minimum absolute atomic E-state index is 0. The lowest BCUT2D eigenvalue weighted by Gasteiger charge is -2.30. The Morgan fingerprint density at radius 2 is 0.986 bits per heavy atom. The number of H-pyrrole nitrogens is 2. The topological polar surface area (TPSA) is 639 Å². The first kappa shape index (κ1) is 103. The normalized spacial score (nSPS) is 27.3. The molecule has 6 aliphatic heterocycles. The number of rotatable bonds is 18. The van der Waals surface area contributed by atoms with Crippen LogP contribution < -0.4 is 43.3 Å². The van der Waals surface area contributed by atoms with E-state index in [0.29, 0.717) is 11.1 Å². The number of amides is 4. The van der Waals surface area contributed by atoms with Crippen molar-refractivity contribution < 1.29 is 111 Å². The molecule has 3 aromatic carbocycles. The maximum Gasteiger partial charge on any atom is 0.330 e. The summed E-state index contributed by atoms with van der Waals surface area (Å²) in [4.78, 5) is 152. The number of nitrogens with zero attached hydrogens (tertiary/aromatic N) is 19. The van der Waals surface area contributed by atoms with Crippen molar-refractivity contribution >= 4 is 187 Å². The van der Waals surface area contributed by atoms with Crippen LogP contribution in [-0.4, -0.2) is 241 Å². The Labute approximate surface area is 809 Å². The van der Waals surface area contributed by atoms with Crippen LogP contribution in [0.1, 0.15) is 86.2 Å². The summed E-state index contributed by atoms with van der Waals surface area (Å²) < 4.78 is 154. The number of carbonyl (C=O) groups excluding carboxylic acids is 4. The lowest BCUT2D eigenvalue weighted by Crippen LogP contribution is -2.34.